The van der Waals surface area contributed by atoms with Gasteiger partial charge >= 0.3 is 5.97 Å². The lowest BCUT2D eigenvalue weighted by molar-refractivity contribution is -0.140. The minimum absolute atomic E-state index is 0.0396. The summed E-state index contributed by atoms with van der Waals surface area (Å²) >= 11 is 0. The maximum Gasteiger partial charge on any atom is 0.322 e. The normalized spacial score (nSPS) is 16.1. The van der Waals surface area contributed by atoms with Gasteiger partial charge in [-0.1, -0.05) is 18.2 Å². The number of benzene rings is 1. The van der Waals surface area contributed by atoms with Crippen molar-refractivity contribution < 1.29 is 29.0 Å². The van der Waals surface area contributed by atoms with Crippen molar-refractivity contribution in [3.8, 4) is 11.5 Å². The largest absolute Gasteiger partial charge is 0.511 e. The Hall–Kier alpha value is -3.62. The minimum Gasteiger partial charge on any atom is -0.511 e. The second-order valence-corrected chi connectivity index (χ2v) is 7.29. The molecule has 1 aromatic heterocycles. The molecule has 1 aromatic carbocycles. The second-order valence-electron chi connectivity index (χ2n) is 7.29. The van der Waals surface area contributed by atoms with Gasteiger partial charge in [0.1, 0.15) is 24.1 Å². The Morgan fingerprint density at radius 2 is 1.97 bits per heavy atom. The molecule has 0 bridgehead atoms. The Morgan fingerprint density at radius 3 is 2.62 bits per heavy atom. The Morgan fingerprint density at radius 1 is 1.28 bits per heavy atom. The average Bonchev–Trinajstić information content (AvgIpc) is 3.12. The van der Waals surface area contributed by atoms with Gasteiger partial charge in [0.15, 0.2) is 0 Å². The number of nitrogens with zero attached hydrogens (tertiary/aromatic N) is 2. The second kappa shape index (κ2) is 7.78. The SMILES string of the molecule is CC1(C)CC(O)=C(C(=O)NCC(=O)O)C(=O)N1Cc1coc(-c2ccccc2)n1. The maximum absolute atomic E-state index is 13.0. The van der Waals surface area contributed by atoms with Crippen LogP contribution >= 0.6 is 0 Å². The molecule has 1 aliphatic rings. The van der Waals surface area contributed by atoms with Gasteiger partial charge < -0.3 is 24.8 Å². The third-order valence-corrected chi connectivity index (χ3v) is 4.60. The van der Waals surface area contributed by atoms with Gasteiger partial charge in [-0.3, -0.25) is 14.4 Å². The predicted molar refractivity (Wildman–Crippen MR) is 101 cm³/mol. The quantitative estimate of drug-likeness (QED) is 0.632. The summed E-state index contributed by atoms with van der Waals surface area (Å²) in [6.45, 7) is 2.91. The van der Waals surface area contributed by atoms with Crippen LogP contribution in [0.1, 0.15) is 26.0 Å². The molecule has 0 saturated heterocycles. The minimum atomic E-state index is -1.25. The van der Waals surface area contributed by atoms with E-state index in [-0.39, 0.29) is 18.7 Å². The Balaban J connectivity index is 1.83. The molecule has 9 heteroatoms. The fourth-order valence-corrected chi connectivity index (χ4v) is 3.14. The first-order valence-corrected chi connectivity index (χ1v) is 8.93. The van der Waals surface area contributed by atoms with Gasteiger partial charge in [0.05, 0.1) is 12.2 Å². The van der Waals surface area contributed by atoms with E-state index in [0.717, 1.165) is 5.56 Å². The molecule has 2 aromatic rings. The van der Waals surface area contributed by atoms with Crippen LogP contribution in [0.15, 0.2) is 52.3 Å². The standard InChI is InChI=1S/C20H21N3O6/c1-20(2)8-14(24)16(17(27)21-9-15(25)26)19(28)23(20)10-13-11-29-18(22-13)12-6-4-3-5-7-12/h3-7,11,24H,8-10H2,1-2H3,(H,21,27)(H,25,26). The Kier molecular flexibility index (Phi) is 5.40. The maximum atomic E-state index is 13.0. The lowest BCUT2D eigenvalue weighted by Gasteiger charge is -2.41. The summed E-state index contributed by atoms with van der Waals surface area (Å²) in [6.07, 6.45) is 1.48. The van der Waals surface area contributed by atoms with Crippen molar-refractivity contribution in [1.29, 1.82) is 0 Å². The number of nitrogens with one attached hydrogen (secondary N) is 1. The van der Waals surface area contributed by atoms with E-state index in [1.165, 1.54) is 11.2 Å². The van der Waals surface area contributed by atoms with Gasteiger partial charge in [0, 0.05) is 17.5 Å². The summed E-state index contributed by atoms with van der Waals surface area (Å²) in [7, 11) is 0. The number of aliphatic carboxylic acids is 1. The molecule has 1 aliphatic heterocycles. The predicted octanol–water partition coefficient (Wildman–Crippen LogP) is 1.87. The number of oxazole rings is 1. The third kappa shape index (κ3) is 4.29. The number of carbonyl (C=O) groups is 3. The van der Waals surface area contributed by atoms with Crippen LogP contribution in [0.3, 0.4) is 0 Å². The van der Waals surface area contributed by atoms with Crippen LogP contribution in [-0.2, 0) is 20.9 Å². The number of amides is 2. The molecular formula is C20H21N3O6. The van der Waals surface area contributed by atoms with Gasteiger partial charge in [-0.25, -0.2) is 4.98 Å². The molecule has 0 atom stereocenters. The van der Waals surface area contributed by atoms with Crippen LogP contribution in [0.4, 0.5) is 0 Å². The van der Waals surface area contributed by atoms with Crippen LogP contribution in [0.5, 0.6) is 0 Å². The highest BCUT2D eigenvalue weighted by molar-refractivity contribution is 6.19. The highest BCUT2D eigenvalue weighted by Crippen LogP contribution is 2.33. The molecule has 3 N–H and O–H groups in total. The molecule has 0 radical (unpaired) electrons. The van der Waals surface area contributed by atoms with Gasteiger partial charge in [-0.15, -0.1) is 0 Å². The zero-order valence-corrected chi connectivity index (χ0v) is 16.0. The highest BCUT2D eigenvalue weighted by atomic mass is 16.4. The van der Waals surface area contributed by atoms with E-state index < -0.39 is 35.4 Å². The number of hydrogen-bond acceptors (Lipinski definition) is 6. The van der Waals surface area contributed by atoms with E-state index >= 15 is 0 Å². The molecule has 2 amide bonds. The molecule has 0 fully saturated rings. The van der Waals surface area contributed by atoms with Crippen molar-refractivity contribution >= 4 is 17.8 Å². The molecule has 0 aliphatic carbocycles. The number of carboxylic acid groups (broad SMARTS) is 1. The van der Waals surface area contributed by atoms with Gasteiger partial charge in [0.25, 0.3) is 11.8 Å². The van der Waals surface area contributed by atoms with E-state index in [2.05, 4.69) is 10.3 Å². The van der Waals surface area contributed by atoms with Gasteiger partial charge in [-0.05, 0) is 26.0 Å². The van der Waals surface area contributed by atoms with Crippen LogP contribution in [-0.4, -0.2) is 50.0 Å². The smallest absolute Gasteiger partial charge is 0.322 e. The van der Waals surface area contributed by atoms with Crippen molar-refractivity contribution in [3.05, 3.63) is 53.6 Å². The summed E-state index contributed by atoms with van der Waals surface area (Å²) in [4.78, 5) is 41.7. The topological polar surface area (TPSA) is 133 Å². The van der Waals surface area contributed by atoms with Crippen molar-refractivity contribution in [2.75, 3.05) is 6.54 Å². The van der Waals surface area contributed by atoms with E-state index in [4.69, 9.17) is 9.52 Å². The first-order valence-electron chi connectivity index (χ1n) is 8.93. The van der Waals surface area contributed by atoms with E-state index in [9.17, 15) is 19.5 Å². The summed E-state index contributed by atoms with van der Waals surface area (Å²) in [5, 5.41) is 21.1. The van der Waals surface area contributed by atoms with Crippen molar-refractivity contribution in [2.45, 2.75) is 32.4 Å². The molecular weight excluding hydrogens is 378 g/mol. The molecule has 29 heavy (non-hydrogen) atoms. The molecule has 0 saturated carbocycles. The number of carbonyl (C=O) groups excluding carboxylic acids is 2. The number of carboxylic acids is 1. The number of aliphatic hydroxyl groups is 1. The number of aliphatic hydroxyl groups excluding tert-OH is 1. The Bertz CT molecular complexity index is 977. The van der Waals surface area contributed by atoms with Crippen molar-refractivity contribution in [3.63, 3.8) is 0 Å². The number of aromatic nitrogens is 1. The monoisotopic (exact) mass is 399 g/mol. The average molecular weight is 399 g/mol. The van der Waals surface area contributed by atoms with Crippen molar-refractivity contribution in [1.82, 2.24) is 15.2 Å². The molecule has 9 nitrogen and oxygen atoms in total. The van der Waals surface area contributed by atoms with E-state index in [0.29, 0.717) is 11.6 Å². The Labute approximate surface area is 166 Å². The van der Waals surface area contributed by atoms with Crippen LogP contribution in [0.2, 0.25) is 0 Å². The van der Waals surface area contributed by atoms with E-state index in [1.807, 2.05) is 30.3 Å². The highest BCUT2D eigenvalue weighted by Gasteiger charge is 2.42. The molecule has 152 valence electrons. The molecule has 3 rings (SSSR count). The summed E-state index contributed by atoms with van der Waals surface area (Å²) in [5.41, 5.74) is 0.0208. The first-order chi connectivity index (χ1) is 13.7. The molecule has 2 heterocycles. The van der Waals surface area contributed by atoms with Crippen molar-refractivity contribution in [2.24, 2.45) is 0 Å². The molecule has 0 spiro atoms. The van der Waals surface area contributed by atoms with Crippen LogP contribution < -0.4 is 5.32 Å². The summed E-state index contributed by atoms with van der Waals surface area (Å²) in [6, 6.07) is 9.27. The van der Waals surface area contributed by atoms with E-state index in [1.54, 1.807) is 13.8 Å². The summed E-state index contributed by atoms with van der Waals surface area (Å²) in [5.74, 6) is -2.86. The fourth-order valence-electron chi connectivity index (χ4n) is 3.14. The van der Waals surface area contributed by atoms with Gasteiger partial charge in [-0.2, -0.15) is 0 Å². The fraction of sp³-hybridized carbons (Fsp3) is 0.300. The summed E-state index contributed by atoms with van der Waals surface area (Å²) < 4.78 is 5.50. The van der Waals surface area contributed by atoms with Gasteiger partial charge in [0.2, 0.25) is 5.89 Å². The molecule has 0 unspecified atom stereocenters. The zero-order chi connectivity index (χ0) is 21.2. The third-order valence-electron chi connectivity index (χ3n) is 4.60. The van der Waals surface area contributed by atoms with Crippen LogP contribution in [0, 0.1) is 0 Å². The van der Waals surface area contributed by atoms with Crippen LogP contribution in [0.25, 0.3) is 11.5 Å². The lowest BCUT2D eigenvalue weighted by atomic mass is 9.89. The number of hydrogen-bond donors (Lipinski definition) is 3. The first kappa shape index (κ1) is 20.1. The zero-order valence-electron chi connectivity index (χ0n) is 16.0. The lowest BCUT2D eigenvalue weighted by Crippen LogP contribution is -2.53. The number of rotatable bonds is 6.